The molecule has 0 unspecified atom stereocenters. The van der Waals surface area contributed by atoms with Crippen LogP contribution in [0.25, 0.3) is 5.65 Å². The first-order chi connectivity index (χ1) is 14.1. The lowest BCUT2D eigenvalue weighted by molar-refractivity contribution is 0.102. The van der Waals surface area contributed by atoms with Crippen LogP contribution < -0.4 is 16.0 Å². The van der Waals surface area contributed by atoms with E-state index in [1.165, 1.54) is 30.1 Å². The molecule has 2 aliphatic heterocycles. The first kappa shape index (κ1) is 18.1. The second kappa shape index (κ2) is 7.16. The Balaban J connectivity index is 1.43. The minimum Gasteiger partial charge on any atom is -0.381 e. The van der Waals surface area contributed by atoms with Gasteiger partial charge in [0.2, 0.25) is 0 Å². The number of nitrogen functional groups attached to an aromatic ring is 1. The maximum atomic E-state index is 13.0. The van der Waals surface area contributed by atoms with Crippen LogP contribution >= 0.6 is 11.6 Å². The van der Waals surface area contributed by atoms with Gasteiger partial charge in [-0.2, -0.15) is 0 Å². The van der Waals surface area contributed by atoms with Crippen molar-refractivity contribution >= 4 is 40.3 Å². The fourth-order valence-electron chi connectivity index (χ4n) is 4.30. The maximum absolute atomic E-state index is 13.0. The van der Waals surface area contributed by atoms with Gasteiger partial charge in [0.15, 0.2) is 11.5 Å². The Bertz CT molecular complexity index is 1080. The van der Waals surface area contributed by atoms with Crippen LogP contribution in [0.1, 0.15) is 23.2 Å². The molecule has 5 heterocycles. The van der Waals surface area contributed by atoms with Gasteiger partial charge >= 0.3 is 0 Å². The number of hydrogen-bond acceptors (Lipinski definition) is 7. The molecule has 29 heavy (non-hydrogen) atoms. The highest BCUT2D eigenvalue weighted by Crippen LogP contribution is 2.31. The number of pyridine rings is 1. The molecule has 2 aliphatic rings. The van der Waals surface area contributed by atoms with Gasteiger partial charge < -0.3 is 16.0 Å². The Morgan fingerprint density at radius 1 is 1.28 bits per heavy atom. The molecule has 1 amide bonds. The molecule has 0 aliphatic carbocycles. The summed E-state index contributed by atoms with van der Waals surface area (Å²) in [5.41, 5.74) is 8.18. The molecule has 5 rings (SSSR count). The lowest BCUT2D eigenvalue weighted by atomic mass is 10.1. The summed E-state index contributed by atoms with van der Waals surface area (Å²) in [6.45, 7) is 4.09. The number of nitrogens with zero attached hydrogens (tertiary/aromatic N) is 6. The summed E-state index contributed by atoms with van der Waals surface area (Å²) >= 11 is 5.95. The number of hydrogen-bond donors (Lipinski definition) is 2. The molecule has 3 N–H and O–H groups in total. The molecule has 10 heteroatoms. The lowest BCUT2D eigenvalue weighted by Gasteiger charge is -2.39. The Hall–Kier alpha value is -2.91. The van der Waals surface area contributed by atoms with Crippen LogP contribution in [0.2, 0.25) is 5.02 Å². The van der Waals surface area contributed by atoms with E-state index in [0.29, 0.717) is 22.4 Å². The number of halogens is 1. The summed E-state index contributed by atoms with van der Waals surface area (Å²) in [4.78, 5) is 26.3. The van der Waals surface area contributed by atoms with Crippen molar-refractivity contribution in [2.45, 2.75) is 18.9 Å². The minimum atomic E-state index is -0.374. The quantitative estimate of drug-likeness (QED) is 0.676. The third kappa shape index (κ3) is 3.26. The molecule has 3 aromatic heterocycles. The number of nitrogens with two attached hydrogens (primary N) is 1. The Morgan fingerprint density at radius 2 is 2.17 bits per heavy atom. The van der Waals surface area contributed by atoms with Crippen LogP contribution in [-0.2, 0) is 0 Å². The summed E-state index contributed by atoms with van der Waals surface area (Å²) in [6.07, 6.45) is 8.92. The van der Waals surface area contributed by atoms with Crippen LogP contribution in [0.3, 0.4) is 0 Å². The third-order valence-corrected chi connectivity index (χ3v) is 5.86. The number of carbonyl (C=O) groups excluding carboxylic acids is 1. The van der Waals surface area contributed by atoms with Crippen molar-refractivity contribution < 1.29 is 4.79 Å². The largest absolute Gasteiger partial charge is 0.381 e. The number of piperazine rings is 1. The number of carbonyl (C=O) groups is 1. The number of anilines is 3. The van der Waals surface area contributed by atoms with E-state index in [9.17, 15) is 4.79 Å². The van der Waals surface area contributed by atoms with Gasteiger partial charge in [0.25, 0.3) is 5.91 Å². The maximum Gasteiger partial charge on any atom is 0.263 e. The van der Waals surface area contributed by atoms with Gasteiger partial charge in [0, 0.05) is 38.1 Å². The normalized spacial score (nSPS) is 19.5. The topological polar surface area (TPSA) is 105 Å². The van der Waals surface area contributed by atoms with Crippen molar-refractivity contribution in [2.24, 2.45) is 0 Å². The second-order valence-corrected chi connectivity index (χ2v) is 7.86. The molecular weight excluding hydrogens is 392 g/mol. The summed E-state index contributed by atoms with van der Waals surface area (Å²) in [6, 6.07) is 2.52. The third-order valence-electron chi connectivity index (χ3n) is 5.67. The molecule has 0 radical (unpaired) electrons. The number of nitrogens with one attached hydrogen (secondary N) is 1. The zero-order valence-electron chi connectivity index (χ0n) is 15.8. The first-order valence-corrected chi connectivity index (χ1v) is 10.0. The van der Waals surface area contributed by atoms with Crippen LogP contribution in [0.5, 0.6) is 0 Å². The number of amides is 1. The van der Waals surface area contributed by atoms with E-state index in [1.807, 2.05) is 6.07 Å². The van der Waals surface area contributed by atoms with E-state index >= 15 is 0 Å². The molecule has 0 saturated carbocycles. The van der Waals surface area contributed by atoms with Gasteiger partial charge in [-0.25, -0.2) is 9.50 Å². The molecule has 3 aromatic rings. The highest BCUT2D eigenvalue weighted by atomic mass is 35.5. The SMILES string of the molecule is Nc1nn2cc(Cl)cnc2c1C(=O)Nc1cnccc1N1CCN2CCC[C@@H]2C1. The van der Waals surface area contributed by atoms with Crippen molar-refractivity contribution in [3.8, 4) is 0 Å². The lowest BCUT2D eigenvalue weighted by Crippen LogP contribution is -2.50. The zero-order chi connectivity index (χ0) is 20.0. The molecule has 2 fully saturated rings. The molecule has 1 atom stereocenters. The number of rotatable bonds is 3. The molecule has 0 bridgehead atoms. The summed E-state index contributed by atoms with van der Waals surface area (Å²) in [5.74, 6) is -0.275. The van der Waals surface area contributed by atoms with E-state index in [0.717, 1.165) is 25.3 Å². The van der Waals surface area contributed by atoms with Crippen molar-refractivity contribution in [2.75, 3.05) is 42.1 Å². The highest BCUT2D eigenvalue weighted by molar-refractivity contribution is 6.30. The van der Waals surface area contributed by atoms with Gasteiger partial charge in [-0.3, -0.25) is 14.7 Å². The average Bonchev–Trinajstić information content (AvgIpc) is 3.30. The molecule has 9 nitrogen and oxygen atoms in total. The van der Waals surface area contributed by atoms with Gasteiger partial charge in [-0.05, 0) is 25.5 Å². The molecule has 150 valence electrons. The molecule has 2 saturated heterocycles. The summed E-state index contributed by atoms with van der Waals surface area (Å²) in [7, 11) is 0. The van der Waals surface area contributed by atoms with Crippen molar-refractivity contribution in [3.63, 3.8) is 0 Å². The Labute approximate surface area is 172 Å². The smallest absolute Gasteiger partial charge is 0.263 e. The van der Waals surface area contributed by atoms with E-state index < -0.39 is 0 Å². The number of fused-ring (bicyclic) bond motifs is 2. The van der Waals surface area contributed by atoms with Gasteiger partial charge in [0.05, 0.1) is 28.8 Å². The Morgan fingerprint density at radius 3 is 3.07 bits per heavy atom. The van der Waals surface area contributed by atoms with E-state index in [4.69, 9.17) is 17.3 Å². The van der Waals surface area contributed by atoms with E-state index in [1.54, 1.807) is 18.6 Å². The summed E-state index contributed by atoms with van der Waals surface area (Å²) < 4.78 is 1.41. The highest BCUT2D eigenvalue weighted by Gasteiger charge is 2.31. The molecule has 0 aromatic carbocycles. The predicted octanol–water partition coefficient (Wildman–Crippen LogP) is 1.90. The van der Waals surface area contributed by atoms with Gasteiger partial charge in [0.1, 0.15) is 5.56 Å². The van der Waals surface area contributed by atoms with Gasteiger partial charge in [-0.1, -0.05) is 11.6 Å². The first-order valence-electron chi connectivity index (χ1n) is 9.64. The monoisotopic (exact) mass is 412 g/mol. The standard InChI is InChI=1S/C19H21ClN8O/c20-12-8-23-18-16(17(21)25-28(18)10-12)19(29)24-14-9-22-4-3-15(14)27-7-6-26-5-1-2-13(26)11-27/h3-4,8-10,13H,1-2,5-7,11H2,(H2,21,25)(H,24,29)/t13-/m1/s1. The fraction of sp³-hybridized carbons (Fsp3) is 0.368. The van der Waals surface area contributed by atoms with E-state index in [2.05, 4.69) is 30.2 Å². The van der Waals surface area contributed by atoms with Crippen LogP contribution in [0.4, 0.5) is 17.2 Å². The Kier molecular flexibility index (Phi) is 4.48. The van der Waals surface area contributed by atoms with E-state index in [-0.39, 0.29) is 17.3 Å². The summed E-state index contributed by atoms with van der Waals surface area (Å²) in [5, 5.41) is 7.50. The fourth-order valence-corrected chi connectivity index (χ4v) is 4.44. The van der Waals surface area contributed by atoms with Gasteiger partial charge in [-0.15, -0.1) is 5.10 Å². The van der Waals surface area contributed by atoms with Crippen LogP contribution in [0, 0.1) is 0 Å². The van der Waals surface area contributed by atoms with Crippen molar-refractivity contribution in [3.05, 3.63) is 41.4 Å². The van der Waals surface area contributed by atoms with Crippen molar-refractivity contribution in [1.29, 1.82) is 0 Å². The second-order valence-electron chi connectivity index (χ2n) is 7.43. The van der Waals surface area contributed by atoms with Crippen LogP contribution in [0.15, 0.2) is 30.9 Å². The zero-order valence-corrected chi connectivity index (χ0v) is 16.5. The minimum absolute atomic E-state index is 0.0993. The van der Waals surface area contributed by atoms with Crippen molar-refractivity contribution in [1.82, 2.24) is 24.5 Å². The molecular formula is C19H21ClN8O. The predicted molar refractivity (Wildman–Crippen MR) is 111 cm³/mol. The molecule has 0 spiro atoms. The van der Waals surface area contributed by atoms with Crippen LogP contribution in [-0.4, -0.2) is 62.6 Å². The average molecular weight is 413 g/mol. The number of aromatic nitrogens is 4.